The van der Waals surface area contributed by atoms with Crippen LogP contribution in [-0.2, 0) is 9.53 Å². The number of carbonyl (C=O) groups excluding carboxylic acids is 2. The number of aliphatic hydroxyl groups excluding tert-OH is 1. The Morgan fingerprint density at radius 2 is 1.58 bits per heavy atom. The van der Waals surface area contributed by atoms with Crippen LogP contribution in [0, 0.1) is 0 Å². The van der Waals surface area contributed by atoms with Gasteiger partial charge >= 0.3 is 12.0 Å². The van der Waals surface area contributed by atoms with Crippen molar-refractivity contribution < 1.29 is 28.2 Å². The molecule has 1 atom stereocenters. The Morgan fingerprint density at radius 3 is 2.00 bits per heavy atom. The highest BCUT2D eigenvalue weighted by Crippen LogP contribution is 2.39. The van der Waals surface area contributed by atoms with E-state index in [1.807, 2.05) is 0 Å². The highest BCUT2D eigenvalue weighted by Gasteiger charge is 2.57. The molecule has 1 unspecified atom stereocenters. The average molecular weight is 371 g/mol. The molecule has 1 N–H and O–H groups in total. The van der Waals surface area contributed by atoms with E-state index >= 15 is 0 Å². The number of hydrogen-bond acceptors (Lipinski definition) is 4. The quantitative estimate of drug-likeness (QED) is 0.713. The predicted molar refractivity (Wildman–Crippen MR) is 94.1 cm³/mol. The molecule has 0 aliphatic carbocycles. The van der Waals surface area contributed by atoms with Crippen molar-refractivity contribution in [2.75, 3.05) is 13.1 Å². The van der Waals surface area contributed by atoms with Gasteiger partial charge in [0, 0.05) is 13.1 Å². The number of ether oxygens (including phenoxy) is 1. The molecule has 0 aliphatic rings. The third-order valence-electron chi connectivity index (χ3n) is 4.62. The Balaban J connectivity index is 3.18. The topological polar surface area (TPSA) is 66.8 Å². The number of benzene rings is 1. The molecule has 1 amide bonds. The number of carbonyl (C=O) groups is 2. The SMILES string of the molecule is CCN(CC)C(=O)OC(CC)(CC)C(=O)C(F)(F)C(O)c1ccccc1. The molecule has 26 heavy (non-hydrogen) atoms. The van der Waals surface area contributed by atoms with Gasteiger partial charge < -0.3 is 14.7 Å². The van der Waals surface area contributed by atoms with Crippen molar-refractivity contribution >= 4 is 11.9 Å². The first kappa shape index (κ1) is 22.0. The van der Waals surface area contributed by atoms with Crippen LogP contribution in [0.25, 0.3) is 0 Å². The molecule has 1 aromatic carbocycles. The minimum absolute atomic E-state index is 0.0815. The van der Waals surface area contributed by atoms with Crippen LogP contribution in [0.3, 0.4) is 0 Å². The normalized spacial score (nSPS) is 13.2. The number of alkyl halides is 2. The Labute approximate surface area is 152 Å². The molecule has 1 rings (SSSR count). The van der Waals surface area contributed by atoms with Crippen molar-refractivity contribution in [3.63, 3.8) is 0 Å². The minimum Gasteiger partial charge on any atom is -0.435 e. The van der Waals surface area contributed by atoms with Crippen molar-refractivity contribution in [2.45, 2.75) is 58.2 Å². The van der Waals surface area contributed by atoms with Crippen LogP contribution in [0.1, 0.15) is 52.2 Å². The Hall–Kier alpha value is -2.02. The summed E-state index contributed by atoms with van der Waals surface area (Å²) in [6.45, 7) is 7.11. The lowest BCUT2D eigenvalue weighted by molar-refractivity contribution is -0.182. The maximum Gasteiger partial charge on any atom is 0.410 e. The van der Waals surface area contributed by atoms with E-state index in [9.17, 15) is 23.5 Å². The van der Waals surface area contributed by atoms with Crippen LogP contribution >= 0.6 is 0 Å². The summed E-state index contributed by atoms with van der Waals surface area (Å²) >= 11 is 0. The fourth-order valence-electron chi connectivity index (χ4n) is 2.75. The molecule has 0 spiro atoms. The van der Waals surface area contributed by atoms with Gasteiger partial charge in [0.25, 0.3) is 0 Å². The number of hydrogen-bond donors (Lipinski definition) is 1. The summed E-state index contributed by atoms with van der Waals surface area (Å²) in [6.07, 6.45) is -3.38. The molecule has 0 fully saturated rings. The first-order valence-corrected chi connectivity index (χ1v) is 8.83. The summed E-state index contributed by atoms with van der Waals surface area (Å²) in [6, 6.07) is 7.23. The Kier molecular flexibility index (Phi) is 7.68. The largest absolute Gasteiger partial charge is 0.435 e. The van der Waals surface area contributed by atoms with Crippen LogP contribution in [0.5, 0.6) is 0 Å². The van der Waals surface area contributed by atoms with Crippen LogP contribution < -0.4 is 0 Å². The molecule has 0 aliphatic heterocycles. The lowest BCUT2D eigenvalue weighted by Gasteiger charge is -2.36. The van der Waals surface area contributed by atoms with Crippen molar-refractivity contribution in [3.8, 4) is 0 Å². The average Bonchev–Trinajstić information content (AvgIpc) is 2.66. The second kappa shape index (κ2) is 9.07. The molecule has 0 radical (unpaired) electrons. The van der Waals surface area contributed by atoms with Gasteiger partial charge in [-0.05, 0) is 32.3 Å². The van der Waals surface area contributed by atoms with E-state index in [2.05, 4.69) is 0 Å². The molecule has 0 aromatic heterocycles. The second-order valence-electron chi connectivity index (χ2n) is 6.01. The number of Topliss-reactive ketones (excluding diaryl/α,β-unsaturated/α-hetero) is 1. The highest BCUT2D eigenvalue weighted by atomic mass is 19.3. The van der Waals surface area contributed by atoms with Gasteiger partial charge in [-0.2, -0.15) is 8.78 Å². The lowest BCUT2D eigenvalue weighted by Crippen LogP contribution is -2.54. The third-order valence-corrected chi connectivity index (χ3v) is 4.62. The van der Waals surface area contributed by atoms with E-state index in [-0.39, 0.29) is 18.4 Å². The van der Waals surface area contributed by atoms with E-state index in [4.69, 9.17) is 4.74 Å². The molecular formula is C19H27F2NO4. The summed E-state index contributed by atoms with van der Waals surface area (Å²) in [5, 5.41) is 10.1. The first-order valence-electron chi connectivity index (χ1n) is 8.83. The van der Waals surface area contributed by atoms with Crippen LogP contribution in [0.4, 0.5) is 13.6 Å². The Morgan fingerprint density at radius 1 is 1.08 bits per heavy atom. The van der Waals surface area contributed by atoms with Crippen molar-refractivity contribution in [3.05, 3.63) is 35.9 Å². The highest BCUT2D eigenvalue weighted by molar-refractivity contribution is 5.95. The fourth-order valence-corrected chi connectivity index (χ4v) is 2.75. The summed E-state index contributed by atoms with van der Waals surface area (Å²) in [5.74, 6) is -5.69. The van der Waals surface area contributed by atoms with E-state index in [0.717, 1.165) is 0 Å². The lowest BCUT2D eigenvalue weighted by atomic mass is 9.85. The smallest absolute Gasteiger partial charge is 0.410 e. The molecule has 146 valence electrons. The van der Waals surface area contributed by atoms with Crippen molar-refractivity contribution in [1.29, 1.82) is 0 Å². The predicted octanol–water partition coefficient (Wildman–Crippen LogP) is 3.96. The van der Waals surface area contributed by atoms with Gasteiger partial charge in [0.1, 0.15) is 0 Å². The standard InChI is InChI=1S/C19H27F2NO4/c1-5-18(6-2,26-17(25)22(7-3)8-4)16(24)19(20,21)15(23)14-12-10-9-11-13-14/h9-13,15,23H,5-8H2,1-4H3. The zero-order chi connectivity index (χ0) is 20.0. The van der Waals surface area contributed by atoms with Gasteiger partial charge in [0.15, 0.2) is 11.7 Å². The molecule has 7 heteroatoms. The molecule has 0 heterocycles. The van der Waals surface area contributed by atoms with Crippen molar-refractivity contribution in [2.24, 2.45) is 0 Å². The van der Waals surface area contributed by atoms with Gasteiger partial charge in [-0.1, -0.05) is 44.2 Å². The minimum atomic E-state index is -4.10. The summed E-state index contributed by atoms with van der Waals surface area (Å²) in [7, 11) is 0. The Bertz CT molecular complexity index is 599. The summed E-state index contributed by atoms with van der Waals surface area (Å²) < 4.78 is 34.8. The van der Waals surface area contributed by atoms with Crippen LogP contribution in [-0.4, -0.2) is 46.5 Å². The van der Waals surface area contributed by atoms with E-state index in [1.54, 1.807) is 19.9 Å². The van der Waals surface area contributed by atoms with Crippen molar-refractivity contribution in [1.82, 2.24) is 4.90 Å². The maximum atomic E-state index is 14.8. The van der Waals surface area contributed by atoms with E-state index < -0.39 is 29.5 Å². The molecule has 5 nitrogen and oxygen atoms in total. The number of amides is 1. The molecular weight excluding hydrogens is 344 g/mol. The van der Waals surface area contributed by atoms with Gasteiger partial charge in [-0.15, -0.1) is 0 Å². The first-order chi connectivity index (χ1) is 12.2. The molecule has 0 bridgehead atoms. The van der Waals surface area contributed by atoms with Gasteiger partial charge in [0.2, 0.25) is 5.78 Å². The monoisotopic (exact) mass is 371 g/mol. The third kappa shape index (κ3) is 4.38. The van der Waals surface area contributed by atoms with Crippen LogP contribution in [0.2, 0.25) is 0 Å². The summed E-state index contributed by atoms with van der Waals surface area (Å²) in [4.78, 5) is 26.3. The van der Waals surface area contributed by atoms with E-state index in [0.29, 0.717) is 13.1 Å². The zero-order valence-electron chi connectivity index (χ0n) is 15.7. The maximum absolute atomic E-state index is 14.8. The number of ketones is 1. The van der Waals surface area contributed by atoms with Crippen LogP contribution in [0.15, 0.2) is 30.3 Å². The summed E-state index contributed by atoms with van der Waals surface area (Å²) in [5.41, 5.74) is -2.08. The van der Waals surface area contributed by atoms with Gasteiger partial charge in [-0.3, -0.25) is 4.79 Å². The number of aliphatic hydroxyl groups is 1. The number of nitrogens with zero attached hydrogens (tertiary/aromatic N) is 1. The molecule has 0 saturated carbocycles. The number of halogens is 2. The molecule has 1 aromatic rings. The van der Waals surface area contributed by atoms with Gasteiger partial charge in [-0.25, -0.2) is 4.79 Å². The van der Waals surface area contributed by atoms with Gasteiger partial charge in [0.05, 0.1) is 0 Å². The second-order valence-corrected chi connectivity index (χ2v) is 6.01. The zero-order valence-corrected chi connectivity index (χ0v) is 15.7. The van der Waals surface area contributed by atoms with E-state index in [1.165, 1.54) is 43.0 Å². The number of rotatable bonds is 9. The fraction of sp³-hybridized carbons (Fsp3) is 0.579. The molecule has 0 saturated heterocycles.